The van der Waals surface area contributed by atoms with E-state index in [0.717, 1.165) is 56.8 Å². The number of pyridine rings is 1. The number of nitrogens with zero attached hydrogens (tertiary/aromatic N) is 2. The summed E-state index contributed by atoms with van der Waals surface area (Å²) in [7, 11) is 0. The Bertz CT molecular complexity index is 897. The molecule has 7 heteroatoms. The summed E-state index contributed by atoms with van der Waals surface area (Å²) in [6.07, 6.45) is 7.47. The number of likely N-dealkylation sites (tertiary alicyclic amines) is 1. The molecule has 0 unspecified atom stereocenters. The van der Waals surface area contributed by atoms with E-state index in [-0.39, 0.29) is 17.6 Å². The van der Waals surface area contributed by atoms with Gasteiger partial charge < -0.3 is 19.5 Å². The summed E-state index contributed by atoms with van der Waals surface area (Å²) < 4.78 is 17.3. The largest absolute Gasteiger partial charge is 0.454 e. The number of carbonyl (C=O) groups excluding carboxylic acids is 1. The number of rotatable bonds is 5. The monoisotopic (exact) mass is 409 g/mol. The molecule has 0 bridgehead atoms. The Morgan fingerprint density at radius 2 is 2.03 bits per heavy atom. The van der Waals surface area contributed by atoms with Gasteiger partial charge in [0, 0.05) is 38.6 Å². The number of hydrogen-bond acceptors (Lipinski definition) is 6. The van der Waals surface area contributed by atoms with E-state index >= 15 is 0 Å². The van der Waals surface area contributed by atoms with Gasteiger partial charge in [0.2, 0.25) is 6.79 Å². The van der Waals surface area contributed by atoms with Crippen molar-refractivity contribution in [3.63, 3.8) is 0 Å². The minimum atomic E-state index is -0.0915. The van der Waals surface area contributed by atoms with E-state index in [1.54, 1.807) is 24.5 Å². The fraction of sp³-hybridized carbons (Fsp3) is 0.478. The summed E-state index contributed by atoms with van der Waals surface area (Å²) in [4.78, 5) is 18.7. The zero-order chi connectivity index (χ0) is 20.4. The Balaban J connectivity index is 1.09. The molecule has 0 saturated carbocycles. The second kappa shape index (κ2) is 8.24. The van der Waals surface area contributed by atoms with E-state index in [1.165, 1.54) is 5.56 Å². The van der Waals surface area contributed by atoms with E-state index < -0.39 is 0 Å². The third-order valence-corrected chi connectivity index (χ3v) is 6.36. The molecule has 1 aromatic carbocycles. The maximum atomic E-state index is 12.2. The van der Waals surface area contributed by atoms with Crippen LogP contribution < -0.4 is 14.8 Å². The van der Waals surface area contributed by atoms with Gasteiger partial charge in [0.25, 0.3) is 5.91 Å². The van der Waals surface area contributed by atoms with E-state index in [0.29, 0.717) is 18.9 Å². The van der Waals surface area contributed by atoms with Crippen LogP contribution in [0.5, 0.6) is 11.5 Å². The smallest absolute Gasteiger partial charge is 0.252 e. The van der Waals surface area contributed by atoms with E-state index in [2.05, 4.69) is 27.3 Å². The fourth-order valence-corrected chi connectivity index (χ4v) is 4.63. The SMILES string of the molecule is O=C(NC[C@H]1CCC2(CCN(Cc3ccc4c(c3)OCO4)CC2)O1)c1cccnc1. The van der Waals surface area contributed by atoms with Crippen LogP contribution in [0.1, 0.15) is 41.6 Å². The first-order valence-corrected chi connectivity index (χ1v) is 10.7. The fourth-order valence-electron chi connectivity index (χ4n) is 4.63. The van der Waals surface area contributed by atoms with Crippen LogP contribution in [0, 0.1) is 0 Å². The maximum absolute atomic E-state index is 12.2. The predicted octanol–water partition coefficient (Wildman–Crippen LogP) is 2.75. The molecule has 1 aromatic heterocycles. The van der Waals surface area contributed by atoms with Crippen molar-refractivity contribution in [2.24, 2.45) is 0 Å². The lowest BCUT2D eigenvalue weighted by atomic mass is 9.88. The standard InChI is InChI=1S/C23H27N3O4/c27-22(18-2-1-9-24-13-18)25-14-19-5-6-23(30-19)7-10-26(11-8-23)15-17-3-4-20-21(12-17)29-16-28-20/h1-4,9,12-13,19H,5-8,10-11,14-16H2,(H,25,27)/t19-/m1/s1. The molecule has 30 heavy (non-hydrogen) atoms. The third kappa shape index (κ3) is 4.13. The van der Waals surface area contributed by atoms with Crippen molar-refractivity contribution in [2.75, 3.05) is 26.4 Å². The molecule has 4 heterocycles. The Morgan fingerprint density at radius 3 is 2.87 bits per heavy atom. The number of nitrogens with one attached hydrogen (secondary N) is 1. The van der Waals surface area contributed by atoms with Gasteiger partial charge in [-0.25, -0.2) is 0 Å². The van der Waals surface area contributed by atoms with Crippen molar-refractivity contribution >= 4 is 5.91 Å². The lowest BCUT2D eigenvalue weighted by Gasteiger charge is -2.39. The molecule has 3 aliphatic rings. The number of ether oxygens (including phenoxy) is 3. The van der Waals surface area contributed by atoms with Crippen LogP contribution >= 0.6 is 0 Å². The van der Waals surface area contributed by atoms with Crippen LogP contribution in [-0.2, 0) is 11.3 Å². The summed E-state index contributed by atoms with van der Waals surface area (Å²) in [6.45, 7) is 3.81. The normalized spacial score (nSPS) is 22.3. The first kappa shape index (κ1) is 19.3. The van der Waals surface area contributed by atoms with Crippen molar-refractivity contribution in [2.45, 2.75) is 43.9 Å². The molecular formula is C23H27N3O4. The molecule has 2 saturated heterocycles. The van der Waals surface area contributed by atoms with Gasteiger partial charge in [0.15, 0.2) is 11.5 Å². The molecular weight excluding hydrogens is 382 g/mol. The molecule has 0 aliphatic carbocycles. The highest BCUT2D eigenvalue weighted by molar-refractivity contribution is 5.93. The number of fused-ring (bicyclic) bond motifs is 1. The quantitative estimate of drug-likeness (QED) is 0.819. The topological polar surface area (TPSA) is 72.9 Å². The van der Waals surface area contributed by atoms with E-state index in [1.807, 2.05) is 6.07 Å². The van der Waals surface area contributed by atoms with Crippen molar-refractivity contribution in [3.05, 3.63) is 53.9 Å². The lowest BCUT2D eigenvalue weighted by Crippen LogP contribution is -2.44. The first-order chi connectivity index (χ1) is 14.7. The van der Waals surface area contributed by atoms with Gasteiger partial charge >= 0.3 is 0 Å². The molecule has 158 valence electrons. The highest BCUT2D eigenvalue weighted by atomic mass is 16.7. The van der Waals surface area contributed by atoms with Crippen LogP contribution in [0.15, 0.2) is 42.7 Å². The molecule has 3 aliphatic heterocycles. The highest BCUT2D eigenvalue weighted by Gasteiger charge is 2.42. The molecule has 1 N–H and O–H groups in total. The summed E-state index contributed by atoms with van der Waals surface area (Å²) >= 11 is 0. The minimum Gasteiger partial charge on any atom is -0.454 e. The summed E-state index contributed by atoms with van der Waals surface area (Å²) in [6, 6.07) is 9.74. The molecule has 2 fully saturated rings. The lowest BCUT2D eigenvalue weighted by molar-refractivity contribution is -0.0764. The zero-order valence-electron chi connectivity index (χ0n) is 17.0. The van der Waals surface area contributed by atoms with Gasteiger partial charge in [0.1, 0.15) is 0 Å². The predicted molar refractivity (Wildman–Crippen MR) is 110 cm³/mol. The summed E-state index contributed by atoms with van der Waals surface area (Å²) in [5, 5.41) is 2.99. The number of hydrogen-bond donors (Lipinski definition) is 1. The number of carbonyl (C=O) groups is 1. The Hall–Kier alpha value is -2.64. The van der Waals surface area contributed by atoms with Gasteiger partial charge in [0.05, 0.1) is 17.3 Å². The molecule has 1 amide bonds. The molecule has 2 aromatic rings. The van der Waals surface area contributed by atoms with Crippen molar-refractivity contribution in [3.8, 4) is 11.5 Å². The van der Waals surface area contributed by atoms with Crippen LogP contribution in [0.4, 0.5) is 0 Å². The van der Waals surface area contributed by atoms with Crippen molar-refractivity contribution in [1.82, 2.24) is 15.2 Å². The number of amides is 1. The van der Waals surface area contributed by atoms with Gasteiger partial charge in [-0.3, -0.25) is 14.7 Å². The third-order valence-electron chi connectivity index (χ3n) is 6.36. The average Bonchev–Trinajstić information content (AvgIpc) is 3.41. The number of piperidine rings is 1. The Labute approximate surface area is 176 Å². The van der Waals surface area contributed by atoms with Gasteiger partial charge in [-0.1, -0.05) is 6.07 Å². The number of aromatic nitrogens is 1. The highest BCUT2D eigenvalue weighted by Crippen LogP contribution is 2.39. The maximum Gasteiger partial charge on any atom is 0.252 e. The molecule has 5 rings (SSSR count). The van der Waals surface area contributed by atoms with Crippen LogP contribution in [-0.4, -0.2) is 53.9 Å². The first-order valence-electron chi connectivity index (χ1n) is 10.7. The van der Waals surface area contributed by atoms with Crippen molar-refractivity contribution < 1.29 is 19.0 Å². The van der Waals surface area contributed by atoms with Crippen LogP contribution in [0.3, 0.4) is 0 Å². The Morgan fingerprint density at radius 1 is 1.17 bits per heavy atom. The van der Waals surface area contributed by atoms with Gasteiger partial charge in [-0.05, 0) is 55.5 Å². The Kier molecular flexibility index (Phi) is 5.31. The summed E-state index contributed by atoms with van der Waals surface area (Å²) in [5.74, 6) is 1.58. The van der Waals surface area contributed by atoms with Crippen molar-refractivity contribution in [1.29, 1.82) is 0 Å². The zero-order valence-corrected chi connectivity index (χ0v) is 17.0. The van der Waals surface area contributed by atoms with Gasteiger partial charge in [-0.15, -0.1) is 0 Å². The second-order valence-corrected chi connectivity index (χ2v) is 8.38. The molecule has 1 spiro atoms. The van der Waals surface area contributed by atoms with E-state index in [4.69, 9.17) is 14.2 Å². The van der Waals surface area contributed by atoms with Crippen LogP contribution in [0.25, 0.3) is 0 Å². The number of benzene rings is 1. The molecule has 0 radical (unpaired) electrons. The van der Waals surface area contributed by atoms with E-state index in [9.17, 15) is 4.79 Å². The minimum absolute atomic E-state index is 0.0327. The summed E-state index contributed by atoms with van der Waals surface area (Å²) in [5.41, 5.74) is 1.80. The molecule has 1 atom stereocenters. The van der Waals surface area contributed by atoms with Crippen LogP contribution in [0.2, 0.25) is 0 Å². The second-order valence-electron chi connectivity index (χ2n) is 8.38. The van der Waals surface area contributed by atoms with Gasteiger partial charge in [-0.2, -0.15) is 0 Å². The molecule has 7 nitrogen and oxygen atoms in total. The average molecular weight is 409 g/mol.